The molecule has 4 heterocycles. The molecule has 3 N–H and O–H groups in total. The number of nitrogens with zero attached hydrogens (tertiary/aromatic N) is 5. The van der Waals surface area contributed by atoms with E-state index >= 15 is 0 Å². The van der Waals surface area contributed by atoms with Gasteiger partial charge in [0.05, 0.1) is 16.7 Å². The third-order valence-electron chi connectivity index (χ3n) is 5.53. The van der Waals surface area contributed by atoms with Crippen molar-refractivity contribution in [2.75, 3.05) is 31.5 Å². The quantitative estimate of drug-likeness (QED) is 0.427. The molecule has 1 fully saturated rings. The number of hydrogen-bond donors (Lipinski definition) is 3. The molecule has 1 aliphatic rings. The topological polar surface area (TPSA) is 94.6 Å². The molecule has 0 aliphatic carbocycles. The molecule has 1 aliphatic heterocycles. The molecule has 1 saturated heterocycles. The second kappa shape index (κ2) is 9.60. The van der Waals surface area contributed by atoms with E-state index in [4.69, 9.17) is 0 Å². The lowest BCUT2D eigenvalue weighted by molar-refractivity contribution is 0.233. The lowest BCUT2D eigenvalue weighted by Gasteiger charge is -2.27. The average Bonchev–Trinajstić information content (AvgIpc) is 3.18. The molecule has 32 heavy (non-hydrogen) atoms. The highest BCUT2D eigenvalue weighted by molar-refractivity contribution is 5.85. The molecule has 0 spiro atoms. The van der Waals surface area contributed by atoms with Crippen molar-refractivity contribution in [3.8, 4) is 11.3 Å². The highest BCUT2D eigenvalue weighted by Gasteiger charge is 2.12. The van der Waals surface area contributed by atoms with Gasteiger partial charge in [0, 0.05) is 50.7 Å². The molecule has 0 atom stereocenters. The van der Waals surface area contributed by atoms with Gasteiger partial charge in [-0.05, 0) is 49.2 Å². The number of pyridine rings is 1. The van der Waals surface area contributed by atoms with Crippen molar-refractivity contribution < 1.29 is 0 Å². The van der Waals surface area contributed by atoms with Gasteiger partial charge in [0.25, 0.3) is 0 Å². The van der Waals surface area contributed by atoms with Crippen LogP contribution in [-0.4, -0.2) is 56.0 Å². The first-order valence-corrected chi connectivity index (χ1v) is 10.6. The Morgan fingerprint density at radius 2 is 1.88 bits per heavy atom. The maximum absolute atomic E-state index is 4.67. The van der Waals surface area contributed by atoms with Crippen LogP contribution in [0.25, 0.3) is 22.3 Å². The Morgan fingerprint density at radius 1 is 1.03 bits per heavy atom. The summed E-state index contributed by atoms with van der Waals surface area (Å²) in [5.74, 6) is 2.23. The van der Waals surface area contributed by atoms with Gasteiger partial charge in [-0.25, -0.2) is 19.9 Å². The Morgan fingerprint density at radius 3 is 2.72 bits per heavy atom. The number of nitrogens with one attached hydrogen (secondary N) is 3. The van der Waals surface area contributed by atoms with E-state index in [-0.39, 0.29) is 12.4 Å². The Hall–Kier alpha value is -3.07. The third kappa shape index (κ3) is 4.88. The Labute approximate surface area is 193 Å². The summed E-state index contributed by atoms with van der Waals surface area (Å²) in [6, 6.07) is 10.3. The number of aromatic nitrogens is 5. The standard InChI is InChI=1S/C23H26N8.ClH/c1-15-13-26-16(2)27-22(15)18-3-4-19-20(12-18)29-23(28-19)30-21-11-17(5-6-25-21)14-31-9-7-24-8-10-31;/h3-6,11-13,24H,7-10,14H2,1-2H3,(H2,25,28,29,30);1H. The van der Waals surface area contributed by atoms with Gasteiger partial charge in [-0.2, -0.15) is 0 Å². The largest absolute Gasteiger partial charge is 0.324 e. The van der Waals surface area contributed by atoms with Crippen molar-refractivity contribution in [2.45, 2.75) is 20.4 Å². The molecular formula is C23H27ClN8. The summed E-state index contributed by atoms with van der Waals surface area (Å²) in [4.78, 5) is 23.8. The van der Waals surface area contributed by atoms with Gasteiger partial charge >= 0.3 is 0 Å². The van der Waals surface area contributed by atoms with Crippen LogP contribution in [0.1, 0.15) is 17.0 Å². The molecular weight excluding hydrogens is 424 g/mol. The lowest BCUT2D eigenvalue weighted by atomic mass is 10.1. The predicted octanol–water partition coefficient (Wildman–Crippen LogP) is 3.60. The number of benzene rings is 1. The first-order chi connectivity index (χ1) is 15.1. The van der Waals surface area contributed by atoms with Crippen LogP contribution in [0, 0.1) is 13.8 Å². The molecule has 8 nitrogen and oxygen atoms in total. The first-order valence-electron chi connectivity index (χ1n) is 10.6. The van der Waals surface area contributed by atoms with Gasteiger partial charge in [0.15, 0.2) is 0 Å². The maximum Gasteiger partial charge on any atom is 0.206 e. The van der Waals surface area contributed by atoms with Crippen LogP contribution in [0.3, 0.4) is 0 Å². The van der Waals surface area contributed by atoms with Gasteiger partial charge in [0.2, 0.25) is 5.95 Å². The summed E-state index contributed by atoms with van der Waals surface area (Å²) in [6.07, 6.45) is 3.71. The fourth-order valence-corrected chi connectivity index (χ4v) is 3.93. The second-order valence-corrected chi connectivity index (χ2v) is 7.97. The normalized spacial score (nSPS) is 14.3. The van der Waals surface area contributed by atoms with E-state index in [9.17, 15) is 0 Å². The molecule has 1 aromatic carbocycles. The van der Waals surface area contributed by atoms with Crippen molar-refractivity contribution in [1.82, 2.24) is 35.1 Å². The minimum Gasteiger partial charge on any atom is -0.324 e. The number of H-pyrrole nitrogens is 1. The van der Waals surface area contributed by atoms with E-state index in [0.29, 0.717) is 5.95 Å². The molecule has 3 aromatic heterocycles. The van der Waals surface area contributed by atoms with Crippen molar-refractivity contribution in [3.05, 3.63) is 59.7 Å². The maximum atomic E-state index is 4.67. The van der Waals surface area contributed by atoms with Crippen LogP contribution in [0.5, 0.6) is 0 Å². The summed E-state index contributed by atoms with van der Waals surface area (Å²) in [6.45, 7) is 9.10. The van der Waals surface area contributed by atoms with Gasteiger partial charge in [-0.15, -0.1) is 12.4 Å². The number of rotatable bonds is 5. The van der Waals surface area contributed by atoms with E-state index < -0.39 is 0 Å². The summed E-state index contributed by atoms with van der Waals surface area (Å²) >= 11 is 0. The van der Waals surface area contributed by atoms with Gasteiger partial charge in [-0.1, -0.05) is 6.07 Å². The summed E-state index contributed by atoms with van der Waals surface area (Å²) in [5, 5.41) is 6.71. The zero-order chi connectivity index (χ0) is 21.2. The molecule has 0 amide bonds. The fraction of sp³-hybridized carbons (Fsp3) is 0.304. The van der Waals surface area contributed by atoms with Crippen LogP contribution >= 0.6 is 12.4 Å². The molecule has 9 heteroatoms. The van der Waals surface area contributed by atoms with Gasteiger partial charge in [-0.3, -0.25) is 4.90 Å². The van der Waals surface area contributed by atoms with Crippen molar-refractivity contribution >= 4 is 35.2 Å². The van der Waals surface area contributed by atoms with Crippen LogP contribution in [0.15, 0.2) is 42.7 Å². The molecule has 0 radical (unpaired) electrons. The monoisotopic (exact) mass is 450 g/mol. The highest BCUT2D eigenvalue weighted by atomic mass is 35.5. The van der Waals surface area contributed by atoms with E-state index in [1.807, 2.05) is 38.4 Å². The number of anilines is 2. The van der Waals surface area contributed by atoms with Crippen LogP contribution in [-0.2, 0) is 6.54 Å². The molecule has 4 aromatic rings. The molecule has 0 saturated carbocycles. The minimum atomic E-state index is 0. The minimum absolute atomic E-state index is 0. The second-order valence-electron chi connectivity index (χ2n) is 7.97. The molecule has 0 unspecified atom stereocenters. The van der Waals surface area contributed by atoms with Crippen molar-refractivity contribution in [3.63, 3.8) is 0 Å². The first kappa shape index (κ1) is 22.1. The number of aromatic amines is 1. The van der Waals surface area contributed by atoms with Gasteiger partial charge < -0.3 is 15.6 Å². The third-order valence-corrected chi connectivity index (χ3v) is 5.53. The average molecular weight is 451 g/mol. The summed E-state index contributed by atoms with van der Waals surface area (Å²) < 4.78 is 0. The van der Waals surface area contributed by atoms with E-state index in [1.54, 1.807) is 0 Å². The number of piperazine rings is 1. The smallest absolute Gasteiger partial charge is 0.206 e. The Balaban J connectivity index is 0.00000245. The summed E-state index contributed by atoms with van der Waals surface area (Å²) in [7, 11) is 0. The van der Waals surface area contributed by atoms with Crippen molar-refractivity contribution in [2.24, 2.45) is 0 Å². The molecule has 5 rings (SSSR count). The fourth-order valence-electron chi connectivity index (χ4n) is 3.93. The summed E-state index contributed by atoms with van der Waals surface area (Å²) in [5.41, 5.74) is 6.13. The lowest BCUT2D eigenvalue weighted by Crippen LogP contribution is -2.42. The highest BCUT2D eigenvalue weighted by Crippen LogP contribution is 2.26. The van der Waals surface area contributed by atoms with E-state index in [1.165, 1.54) is 5.56 Å². The zero-order valence-corrected chi connectivity index (χ0v) is 19.0. The number of aryl methyl sites for hydroxylation is 2. The predicted molar refractivity (Wildman–Crippen MR) is 130 cm³/mol. The number of fused-ring (bicyclic) bond motifs is 1. The zero-order valence-electron chi connectivity index (χ0n) is 18.2. The van der Waals surface area contributed by atoms with Crippen LogP contribution < -0.4 is 10.6 Å². The molecule has 166 valence electrons. The van der Waals surface area contributed by atoms with Gasteiger partial charge in [0.1, 0.15) is 11.6 Å². The van der Waals surface area contributed by atoms with E-state index in [2.05, 4.69) is 58.7 Å². The van der Waals surface area contributed by atoms with Crippen LogP contribution in [0.2, 0.25) is 0 Å². The van der Waals surface area contributed by atoms with Crippen LogP contribution in [0.4, 0.5) is 11.8 Å². The number of imidazole rings is 1. The van der Waals surface area contributed by atoms with E-state index in [0.717, 1.165) is 72.2 Å². The Bertz CT molecular complexity index is 1220. The Kier molecular flexibility index (Phi) is 6.64. The number of halogens is 1. The van der Waals surface area contributed by atoms with Crippen molar-refractivity contribution in [1.29, 1.82) is 0 Å². The molecule has 0 bridgehead atoms. The SMILES string of the molecule is Cc1ncc(C)c(-c2ccc3nc(Nc4cc(CN5CCNCC5)ccn4)[nH]c3c2)n1.Cl. The number of hydrogen-bond acceptors (Lipinski definition) is 7.